The van der Waals surface area contributed by atoms with Crippen molar-refractivity contribution >= 4 is 23.7 Å². The van der Waals surface area contributed by atoms with Crippen molar-refractivity contribution in [3.63, 3.8) is 0 Å². The molecule has 7 nitrogen and oxygen atoms in total. The first-order chi connectivity index (χ1) is 12.3. The van der Waals surface area contributed by atoms with Gasteiger partial charge in [-0.1, -0.05) is 0 Å². The largest absolute Gasteiger partial charge is 0.355 e. The summed E-state index contributed by atoms with van der Waals surface area (Å²) in [4.78, 5) is 17.7. The molecule has 1 aromatic heterocycles. The molecule has 8 heteroatoms. The first-order valence-corrected chi connectivity index (χ1v) is 10.2. The van der Waals surface area contributed by atoms with Crippen molar-refractivity contribution in [3.05, 3.63) is 18.5 Å². The molecule has 2 saturated heterocycles. The minimum atomic E-state index is 0.742. The van der Waals surface area contributed by atoms with Crippen molar-refractivity contribution in [2.45, 2.75) is 18.1 Å². The molecular weight excluding hydrogens is 334 g/mol. The minimum absolute atomic E-state index is 0.742. The third-order valence-electron chi connectivity index (χ3n) is 4.67. The summed E-state index contributed by atoms with van der Waals surface area (Å²) in [5, 5.41) is 7.63. The van der Waals surface area contributed by atoms with Crippen molar-refractivity contribution in [1.29, 1.82) is 0 Å². The highest BCUT2D eigenvalue weighted by Gasteiger charge is 2.18. The van der Waals surface area contributed by atoms with Gasteiger partial charge in [-0.2, -0.15) is 11.8 Å². The Morgan fingerprint density at radius 3 is 2.72 bits per heavy atom. The van der Waals surface area contributed by atoms with Gasteiger partial charge < -0.3 is 15.5 Å². The Kier molecular flexibility index (Phi) is 7.17. The van der Waals surface area contributed by atoms with Crippen LogP contribution in [0.25, 0.3) is 0 Å². The van der Waals surface area contributed by atoms with E-state index in [0.29, 0.717) is 0 Å². The van der Waals surface area contributed by atoms with Gasteiger partial charge in [0, 0.05) is 70.5 Å². The smallest absolute Gasteiger partial charge is 0.225 e. The van der Waals surface area contributed by atoms with Crippen LogP contribution in [-0.2, 0) is 0 Å². The second kappa shape index (κ2) is 9.82. The number of hydrogen-bond acceptors (Lipinski definition) is 6. The van der Waals surface area contributed by atoms with Crippen LogP contribution >= 0.6 is 11.8 Å². The van der Waals surface area contributed by atoms with E-state index in [1.807, 2.05) is 13.1 Å². The van der Waals surface area contributed by atoms with Gasteiger partial charge in [0.15, 0.2) is 5.96 Å². The lowest BCUT2D eigenvalue weighted by Crippen LogP contribution is -2.50. The third kappa shape index (κ3) is 5.74. The van der Waals surface area contributed by atoms with Gasteiger partial charge in [0.1, 0.15) is 0 Å². The molecule has 138 valence electrons. The molecule has 0 radical (unpaired) electrons. The molecule has 0 spiro atoms. The standard InChI is InChI=1S/C17H29N7S/c1-18-16(22-14-15-4-2-13-25-15)19-7-8-23-9-11-24(12-10-23)17-20-5-3-6-21-17/h3,5-6,15H,2,4,7-14H2,1H3,(H2,18,19,22). The lowest BCUT2D eigenvalue weighted by atomic mass is 10.2. The van der Waals surface area contributed by atoms with Crippen molar-refractivity contribution in [2.24, 2.45) is 4.99 Å². The highest BCUT2D eigenvalue weighted by molar-refractivity contribution is 8.00. The molecular formula is C17H29N7S. The summed E-state index contributed by atoms with van der Waals surface area (Å²) >= 11 is 2.07. The fourth-order valence-electron chi connectivity index (χ4n) is 3.19. The van der Waals surface area contributed by atoms with Gasteiger partial charge in [-0.25, -0.2) is 9.97 Å². The molecule has 3 heterocycles. The summed E-state index contributed by atoms with van der Waals surface area (Å²) in [5.74, 6) is 3.07. The molecule has 1 atom stereocenters. The van der Waals surface area contributed by atoms with Crippen LogP contribution in [0, 0.1) is 0 Å². The van der Waals surface area contributed by atoms with Crippen molar-refractivity contribution in [2.75, 3.05) is 63.5 Å². The number of thioether (sulfide) groups is 1. The Labute approximate surface area is 154 Å². The molecule has 3 rings (SSSR count). The number of piperazine rings is 1. The quantitative estimate of drug-likeness (QED) is 0.568. The van der Waals surface area contributed by atoms with E-state index in [-0.39, 0.29) is 0 Å². The van der Waals surface area contributed by atoms with Crippen LogP contribution in [0.1, 0.15) is 12.8 Å². The van der Waals surface area contributed by atoms with E-state index in [1.54, 1.807) is 12.4 Å². The monoisotopic (exact) mass is 363 g/mol. The average Bonchev–Trinajstić information content (AvgIpc) is 3.19. The number of nitrogens with zero attached hydrogens (tertiary/aromatic N) is 5. The van der Waals surface area contributed by atoms with Crippen molar-refractivity contribution in [3.8, 4) is 0 Å². The van der Waals surface area contributed by atoms with E-state index in [1.165, 1.54) is 18.6 Å². The first kappa shape index (κ1) is 18.3. The number of guanidine groups is 1. The predicted octanol–water partition coefficient (Wildman–Crippen LogP) is 0.659. The van der Waals surface area contributed by atoms with E-state index in [9.17, 15) is 0 Å². The van der Waals surface area contributed by atoms with Crippen LogP contribution < -0.4 is 15.5 Å². The molecule has 0 aliphatic carbocycles. The first-order valence-electron chi connectivity index (χ1n) is 9.15. The van der Waals surface area contributed by atoms with E-state index in [2.05, 4.69) is 47.2 Å². The van der Waals surface area contributed by atoms with E-state index in [0.717, 1.165) is 63.0 Å². The molecule has 0 amide bonds. The second-order valence-corrected chi connectivity index (χ2v) is 7.80. The zero-order valence-corrected chi connectivity index (χ0v) is 15.8. The zero-order valence-electron chi connectivity index (χ0n) is 15.0. The molecule has 2 N–H and O–H groups in total. The molecule has 0 bridgehead atoms. The lowest BCUT2D eigenvalue weighted by molar-refractivity contribution is 0.260. The number of aromatic nitrogens is 2. The van der Waals surface area contributed by atoms with Crippen LogP contribution in [0.15, 0.2) is 23.5 Å². The fraction of sp³-hybridized carbons (Fsp3) is 0.706. The Bertz CT molecular complexity index is 525. The van der Waals surface area contributed by atoms with Crippen LogP contribution in [-0.4, -0.2) is 84.7 Å². The van der Waals surface area contributed by atoms with E-state index in [4.69, 9.17) is 0 Å². The molecule has 1 aromatic rings. The van der Waals surface area contributed by atoms with Gasteiger partial charge in [0.05, 0.1) is 0 Å². The molecule has 2 fully saturated rings. The van der Waals surface area contributed by atoms with Gasteiger partial charge >= 0.3 is 0 Å². The van der Waals surface area contributed by atoms with E-state index >= 15 is 0 Å². The van der Waals surface area contributed by atoms with Gasteiger partial charge in [-0.3, -0.25) is 9.89 Å². The average molecular weight is 364 g/mol. The van der Waals surface area contributed by atoms with Crippen LogP contribution in [0.4, 0.5) is 5.95 Å². The van der Waals surface area contributed by atoms with Crippen LogP contribution in [0.3, 0.4) is 0 Å². The fourth-order valence-corrected chi connectivity index (χ4v) is 4.40. The molecule has 2 aliphatic heterocycles. The predicted molar refractivity (Wildman–Crippen MR) is 106 cm³/mol. The number of anilines is 1. The Balaban J connectivity index is 1.31. The molecule has 2 aliphatic rings. The third-order valence-corrected chi connectivity index (χ3v) is 6.07. The SMILES string of the molecule is CN=C(NCCN1CCN(c2ncccn2)CC1)NCC1CCCS1. The van der Waals surface area contributed by atoms with Gasteiger partial charge in [-0.15, -0.1) is 0 Å². The highest BCUT2D eigenvalue weighted by atomic mass is 32.2. The van der Waals surface area contributed by atoms with Crippen LogP contribution in [0.5, 0.6) is 0 Å². The maximum Gasteiger partial charge on any atom is 0.225 e. The van der Waals surface area contributed by atoms with Gasteiger partial charge in [-0.05, 0) is 24.7 Å². The van der Waals surface area contributed by atoms with E-state index < -0.39 is 0 Å². The Morgan fingerprint density at radius 2 is 2.04 bits per heavy atom. The summed E-state index contributed by atoms with van der Waals surface area (Å²) in [7, 11) is 1.84. The normalized spacial score (nSPS) is 22.2. The Hall–Kier alpha value is -1.54. The second-order valence-electron chi connectivity index (χ2n) is 6.39. The van der Waals surface area contributed by atoms with Crippen molar-refractivity contribution < 1.29 is 0 Å². The maximum atomic E-state index is 4.34. The molecule has 0 saturated carbocycles. The zero-order chi connectivity index (χ0) is 17.3. The minimum Gasteiger partial charge on any atom is -0.355 e. The van der Waals surface area contributed by atoms with Gasteiger partial charge in [0.2, 0.25) is 5.95 Å². The number of nitrogens with one attached hydrogen (secondary N) is 2. The topological polar surface area (TPSA) is 68.7 Å². The number of hydrogen-bond donors (Lipinski definition) is 2. The highest BCUT2D eigenvalue weighted by Crippen LogP contribution is 2.25. The molecule has 25 heavy (non-hydrogen) atoms. The lowest BCUT2D eigenvalue weighted by Gasteiger charge is -2.34. The number of rotatable bonds is 6. The van der Waals surface area contributed by atoms with Gasteiger partial charge in [0.25, 0.3) is 0 Å². The maximum absolute atomic E-state index is 4.34. The molecule has 0 aromatic carbocycles. The summed E-state index contributed by atoms with van der Waals surface area (Å²) in [6.45, 7) is 7.02. The number of aliphatic imine (C=N–C) groups is 1. The summed E-state index contributed by atoms with van der Waals surface area (Å²) in [5.41, 5.74) is 0. The Morgan fingerprint density at radius 1 is 1.24 bits per heavy atom. The summed E-state index contributed by atoms with van der Waals surface area (Å²) in [6, 6.07) is 1.86. The molecule has 1 unspecified atom stereocenters. The summed E-state index contributed by atoms with van der Waals surface area (Å²) in [6.07, 6.45) is 6.29. The van der Waals surface area contributed by atoms with Crippen LogP contribution in [0.2, 0.25) is 0 Å². The summed E-state index contributed by atoms with van der Waals surface area (Å²) < 4.78 is 0. The van der Waals surface area contributed by atoms with Crippen molar-refractivity contribution in [1.82, 2.24) is 25.5 Å².